The van der Waals surface area contributed by atoms with Crippen LogP contribution in [0.2, 0.25) is 0 Å². The van der Waals surface area contributed by atoms with Crippen LogP contribution in [-0.4, -0.2) is 65.5 Å². The second kappa shape index (κ2) is 7.47. The maximum Gasteiger partial charge on any atom is 0.216 e. The zero-order valence-corrected chi connectivity index (χ0v) is 15.8. The van der Waals surface area contributed by atoms with Crippen molar-refractivity contribution in [3.8, 4) is 0 Å². The molecule has 2 heterocycles. The Morgan fingerprint density at radius 2 is 2.12 bits per heavy atom. The minimum absolute atomic E-state index is 0.0966. The third-order valence-corrected chi connectivity index (χ3v) is 6.14. The van der Waals surface area contributed by atoms with E-state index in [4.69, 9.17) is 0 Å². The highest BCUT2D eigenvalue weighted by Gasteiger charge is 2.34. The number of hydrogen-bond acceptors (Lipinski definition) is 5. The molecule has 0 radical (unpaired) electrons. The molecule has 0 aliphatic carbocycles. The highest BCUT2D eigenvalue weighted by Crippen LogP contribution is 2.17. The summed E-state index contributed by atoms with van der Waals surface area (Å²) >= 11 is 0. The first-order valence-electron chi connectivity index (χ1n) is 8.06. The van der Waals surface area contributed by atoms with Gasteiger partial charge in [0.1, 0.15) is 5.82 Å². The first-order chi connectivity index (χ1) is 11.2. The molecule has 1 fully saturated rings. The van der Waals surface area contributed by atoms with Gasteiger partial charge in [-0.3, -0.25) is 4.99 Å². The molecule has 0 bridgehead atoms. The van der Waals surface area contributed by atoms with Crippen LogP contribution in [0.25, 0.3) is 0 Å². The normalized spacial score (nSPS) is 19.3. The summed E-state index contributed by atoms with van der Waals surface area (Å²) in [5, 5.41) is 10.9. The van der Waals surface area contributed by atoms with Crippen molar-refractivity contribution in [3.05, 3.63) is 11.6 Å². The van der Waals surface area contributed by atoms with Gasteiger partial charge in [-0.1, -0.05) is 0 Å². The monoisotopic (exact) mass is 357 g/mol. The third-order valence-electron chi connectivity index (χ3n) is 4.08. The van der Waals surface area contributed by atoms with Gasteiger partial charge in [-0.15, -0.1) is 10.2 Å². The quantitative estimate of drug-likeness (QED) is 0.549. The van der Waals surface area contributed by atoms with E-state index in [9.17, 15) is 8.42 Å². The number of guanidine groups is 1. The number of aromatic nitrogens is 3. The Balaban J connectivity index is 1.97. The fourth-order valence-electron chi connectivity index (χ4n) is 2.69. The molecular weight excluding hydrogens is 330 g/mol. The van der Waals surface area contributed by atoms with Crippen molar-refractivity contribution in [2.24, 2.45) is 12.0 Å². The van der Waals surface area contributed by atoms with Crippen LogP contribution in [0.3, 0.4) is 0 Å². The number of hydrogen-bond donors (Lipinski definition) is 2. The summed E-state index contributed by atoms with van der Waals surface area (Å²) in [4.78, 5) is 6.22. The molecule has 1 aliphatic heterocycles. The minimum atomic E-state index is -3.31. The second-order valence-electron chi connectivity index (χ2n) is 6.30. The first kappa shape index (κ1) is 18.7. The molecule has 1 aromatic rings. The Labute approximate surface area is 143 Å². The van der Waals surface area contributed by atoms with Gasteiger partial charge < -0.3 is 14.8 Å². The minimum Gasteiger partial charge on any atom is -0.349 e. The van der Waals surface area contributed by atoms with Crippen molar-refractivity contribution in [3.63, 3.8) is 0 Å². The van der Waals surface area contributed by atoms with Crippen molar-refractivity contribution in [2.75, 3.05) is 20.1 Å². The van der Waals surface area contributed by atoms with Gasteiger partial charge in [-0.25, -0.2) is 13.1 Å². The molecule has 136 valence electrons. The fraction of sp³-hybridized carbons (Fsp3) is 0.786. The van der Waals surface area contributed by atoms with E-state index < -0.39 is 15.3 Å². The van der Waals surface area contributed by atoms with E-state index in [0.717, 1.165) is 11.6 Å². The SMILES string of the molecule is CN=C(NCc1nnc(C)n1C)N1CCC(S(=O)(=O)NC(C)C)C1. The Kier molecular flexibility index (Phi) is 5.81. The van der Waals surface area contributed by atoms with Crippen LogP contribution in [0.15, 0.2) is 4.99 Å². The highest BCUT2D eigenvalue weighted by atomic mass is 32.2. The Morgan fingerprint density at radius 3 is 2.67 bits per heavy atom. The molecule has 2 N–H and O–H groups in total. The molecule has 1 unspecified atom stereocenters. The van der Waals surface area contributed by atoms with Crippen LogP contribution in [-0.2, 0) is 23.6 Å². The van der Waals surface area contributed by atoms with E-state index in [2.05, 4.69) is 25.2 Å². The summed E-state index contributed by atoms with van der Waals surface area (Å²) < 4.78 is 29.2. The lowest BCUT2D eigenvalue weighted by molar-refractivity contribution is 0.487. The molecule has 2 rings (SSSR count). The van der Waals surface area contributed by atoms with Gasteiger partial charge in [0.2, 0.25) is 10.0 Å². The molecule has 0 saturated carbocycles. The molecule has 1 aliphatic rings. The molecule has 0 amide bonds. The summed E-state index contributed by atoms with van der Waals surface area (Å²) in [6.07, 6.45) is 0.589. The van der Waals surface area contributed by atoms with Gasteiger partial charge in [-0.05, 0) is 27.2 Å². The number of likely N-dealkylation sites (tertiary alicyclic amines) is 1. The molecule has 9 nitrogen and oxygen atoms in total. The first-order valence-corrected chi connectivity index (χ1v) is 9.60. The summed E-state index contributed by atoms with van der Waals surface area (Å²) in [5.74, 6) is 2.32. The van der Waals surface area contributed by atoms with Gasteiger partial charge in [0, 0.05) is 33.2 Å². The Morgan fingerprint density at radius 1 is 1.42 bits per heavy atom. The van der Waals surface area contributed by atoms with Crippen LogP contribution in [0, 0.1) is 6.92 Å². The fourth-order valence-corrected chi connectivity index (χ4v) is 4.34. The molecule has 1 atom stereocenters. The predicted octanol–water partition coefficient (Wildman–Crippen LogP) is -0.399. The second-order valence-corrected chi connectivity index (χ2v) is 8.29. The van der Waals surface area contributed by atoms with Gasteiger partial charge in [0.05, 0.1) is 11.8 Å². The largest absolute Gasteiger partial charge is 0.349 e. The zero-order valence-electron chi connectivity index (χ0n) is 14.9. The van der Waals surface area contributed by atoms with Crippen molar-refractivity contribution < 1.29 is 8.42 Å². The van der Waals surface area contributed by atoms with E-state index in [-0.39, 0.29) is 6.04 Å². The highest BCUT2D eigenvalue weighted by molar-refractivity contribution is 7.90. The summed E-state index contributed by atoms with van der Waals surface area (Å²) in [6.45, 7) is 7.12. The summed E-state index contributed by atoms with van der Waals surface area (Å²) in [7, 11) is 0.295. The van der Waals surface area contributed by atoms with E-state index in [1.54, 1.807) is 7.05 Å². The topological polar surface area (TPSA) is 105 Å². The van der Waals surface area contributed by atoms with E-state index >= 15 is 0 Å². The molecule has 1 aromatic heterocycles. The van der Waals surface area contributed by atoms with Gasteiger partial charge in [-0.2, -0.15) is 0 Å². The maximum absolute atomic E-state index is 12.3. The zero-order chi connectivity index (χ0) is 17.9. The molecular formula is C14H27N7O2S. The lowest BCUT2D eigenvalue weighted by Gasteiger charge is -2.22. The van der Waals surface area contributed by atoms with Gasteiger partial charge in [0.15, 0.2) is 11.8 Å². The van der Waals surface area contributed by atoms with E-state index in [1.807, 2.05) is 37.3 Å². The maximum atomic E-state index is 12.3. The van der Waals surface area contributed by atoms with Crippen molar-refractivity contribution in [1.29, 1.82) is 0 Å². The van der Waals surface area contributed by atoms with Gasteiger partial charge in [0.25, 0.3) is 0 Å². The number of aliphatic imine (C=N–C) groups is 1. The van der Waals surface area contributed by atoms with Crippen LogP contribution in [0.1, 0.15) is 31.9 Å². The average molecular weight is 357 g/mol. The van der Waals surface area contributed by atoms with E-state index in [1.165, 1.54) is 0 Å². The van der Waals surface area contributed by atoms with Crippen LogP contribution < -0.4 is 10.0 Å². The Bertz CT molecular complexity index is 696. The molecule has 0 aromatic carbocycles. The molecule has 0 spiro atoms. The predicted molar refractivity (Wildman–Crippen MR) is 93.1 cm³/mol. The number of nitrogens with one attached hydrogen (secondary N) is 2. The van der Waals surface area contributed by atoms with Crippen LogP contribution >= 0.6 is 0 Å². The van der Waals surface area contributed by atoms with E-state index in [0.29, 0.717) is 32.0 Å². The van der Waals surface area contributed by atoms with Crippen molar-refractivity contribution in [1.82, 2.24) is 29.7 Å². The Hall–Kier alpha value is -1.68. The van der Waals surface area contributed by atoms with Crippen molar-refractivity contribution >= 4 is 16.0 Å². The van der Waals surface area contributed by atoms with Crippen LogP contribution in [0.5, 0.6) is 0 Å². The lowest BCUT2D eigenvalue weighted by atomic mass is 10.4. The average Bonchev–Trinajstić information content (AvgIpc) is 3.09. The summed E-state index contributed by atoms with van der Waals surface area (Å²) in [6, 6.07) is -0.0966. The molecule has 1 saturated heterocycles. The smallest absolute Gasteiger partial charge is 0.216 e. The van der Waals surface area contributed by atoms with Crippen molar-refractivity contribution in [2.45, 2.75) is 45.0 Å². The number of rotatable bonds is 5. The molecule has 24 heavy (non-hydrogen) atoms. The number of aryl methyl sites for hydroxylation is 1. The van der Waals surface area contributed by atoms with Gasteiger partial charge >= 0.3 is 0 Å². The number of sulfonamides is 1. The number of nitrogens with zero attached hydrogens (tertiary/aromatic N) is 5. The lowest BCUT2D eigenvalue weighted by Crippen LogP contribution is -2.43. The van der Waals surface area contributed by atoms with Crippen LogP contribution in [0.4, 0.5) is 0 Å². The summed E-state index contributed by atoms with van der Waals surface area (Å²) in [5.41, 5.74) is 0. The molecule has 10 heteroatoms. The third kappa shape index (κ3) is 4.23. The standard InChI is InChI=1S/C14H27N7O2S/c1-10(2)19-24(22,23)12-6-7-21(9-12)14(15-4)16-8-13-18-17-11(3)20(13)5/h10,12,19H,6-9H2,1-5H3,(H,15,16).